The number of carbonyl (C=O) groups excluding carboxylic acids is 3. The summed E-state index contributed by atoms with van der Waals surface area (Å²) in [7, 11) is -3.59. The summed E-state index contributed by atoms with van der Waals surface area (Å²) in [4.78, 5) is 36.8. The van der Waals surface area contributed by atoms with Gasteiger partial charge >= 0.3 is 0 Å². The molecule has 0 saturated heterocycles. The third-order valence-corrected chi connectivity index (χ3v) is 6.23. The number of aliphatic hydroxyl groups is 1. The molecular formula is C21H24N2O6S. The third-order valence-electron chi connectivity index (χ3n) is 4.63. The number of ketones is 1. The van der Waals surface area contributed by atoms with E-state index in [1.807, 2.05) is 0 Å². The summed E-state index contributed by atoms with van der Waals surface area (Å²) < 4.78 is 24.5. The molecule has 0 bridgehead atoms. The number of sulfone groups is 1. The highest BCUT2D eigenvalue weighted by atomic mass is 32.2. The quantitative estimate of drug-likeness (QED) is 0.469. The Bertz CT molecular complexity index is 1010. The fourth-order valence-corrected chi connectivity index (χ4v) is 4.13. The van der Waals surface area contributed by atoms with Crippen LogP contribution in [0.15, 0.2) is 60.7 Å². The number of carbonyl (C=O) groups is 3. The first-order valence-electron chi connectivity index (χ1n) is 9.18. The van der Waals surface area contributed by atoms with Gasteiger partial charge in [-0.25, -0.2) is 8.42 Å². The normalized spacial score (nSPS) is 14.3. The van der Waals surface area contributed by atoms with Gasteiger partial charge in [0.25, 0.3) is 0 Å². The van der Waals surface area contributed by atoms with Gasteiger partial charge in [0.05, 0.1) is 11.5 Å². The number of Topliss-reactive ketones (excluding diaryl/α,β-unsaturated/α-hetero) is 1. The predicted octanol–water partition coefficient (Wildman–Crippen LogP) is 0.596. The van der Waals surface area contributed by atoms with E-state index in [-0.39, 0.29) is 11.3 Å². The average Bonchev–Trinajstić information content (AvgIpc) is 2.72. The van der Waals surface area contributed by atoms with Crippen molar-refractivity contribution in [2.75, 3.05) is 5.75 Å². The van der Waals surface area contributed by atoms with E-state index in [1.165, 1.54) is 12.1 Å². The average molecular weight is 432 g/mol. The Morgan fingerprint density at radius 2 is 1.57 bits per heavy atom. The number of nitrogens with two attached hydrogens (primary N) is 1. The number of rotatable bonds is 10. The molecule has 0 fully saturated rings. The van der Waals surface area contributed by atoms with Crippen molar-refractivity contribution in [2.45, 2.75) is 30.7 Å². The van der Waals surface area contributed by atoms with Gasteiger partial charge in [0.2, 0.25) is 11.8 Å². The number of aliphatic hydroxyl groups excluding tert-OH is 1. The molecule has 0 aliphatic carbocycles. The summed E-state index contributed by atoms with van der Waals surface area (Å²) in [5.41, 5.74) is 3.96. The maximum Gasteiger partial charge on any atom is 0.246 e. The fraction of sp³-hybridized carbons (Fsp3) is 0.286. The molecule has 2 amide bonds. The van der Waals surface area contributed by atoms with Crippen molar-refractivity contribution in [2.24, 2.45) is 5.73 Å². The Morgan fingerprint density at radius 3 is 2.10 bits per heavy atom. The molecule has 0 heterocycles. The number of benzene rings is 2. The van der Waals surface area contributed by atoms with Crippen LogP contribution in [0.25, 0.3) is 0 Å². The fourth-order valence-electron chi connectivity index (χ4n) is 2.79. The molecule has 0 aromatic heterocycles. The summed E-state index contributed by atoms with van der Waals surface area (Å²) in [5, 5.41) is 12.7. The molecule has 160 valence electrons. The zero-order valence-corrected chi connectivity index (χ0v) is 17.3. The van der Waals surface area contributed by atoms with Crippen LogP contribution in [0.4, 0.5) is 0 Å². The number of hydrogen-bond donors (Lipinski definition) is 3. The van der Waals surface area contributed by atoms with Crippen molar-refractivity contribution >= 4 is 27.4 Å². The van der Waals surface area contributed by atoms with Crippen LogP contribution >= 0.6 is 0 Å². The molecule has 0 radical (unpaired) electrons. The predicted molar refractivity (Wildman–Crippen MR) is 111 cm³/mol. The zero-order chi connectivity index (χ0) is 22.4. The minimum atomic E-state index is -3.59. The standard InChI is InChI=1S/C21H24N2O6S/c1-21(20(22)27,19(26)18(25)16-10-6-3-7-11-16)23-17(24)12-13-30(28,29)14-15-8-4-2-5-9-15/h2-11,19,26H,12-14H2,1H3,(H2,22,27)(H,23,24). The maximum atomic E-state index is 12.5. The van der Waals surface area contributed by atoms with E-state index in [9.17, 15) is 27.9 Å². The second kappa shape index (κ2) is 9.64. The Labute approximate surface area is 175 Å². The molecule has 8 nitrogen and oxygen atoms in total. The second-order valence-corrected chi connectivity index (χ2v) is 9.26. The largest absolute Gasteiger partial charge is 0.382 e. The van der Waals surface area contributed by atoms with Gasteiger partial charge in [-0.1, -0.05) is 60.7 Å². The van der Waals surface area contributed by atoms with Gasteiger partial charge in [0.15, 0.2) is 15.6 Å². The van der Waals surface area contributed by atoms with Crippen molar-refractivity contribution in [1.29, 1.82) is 0 Å². The topological polar surface area (TPSA) is 144 Å². The van der Waals surface area contributed by atoms with Gasteiger partial charge in [-0.3, -0.25) is 14.4 Å². The van der Waals surface area contributed by atoms with Gasteiger partial charge < -0.3 is 16.2 Å². The first kappa shape index (κ1) is 23.2. The molecule has 2 atom stereocenters. The van der Waals surface area contributed by atoms with Crippen LogP contribution in [0, 0.1) is 0 Å². The van der Waals surface area contributed by atoms with Crippen LogP contribution < -0.4 is 11.1 Å². The molecule has 2 unspecified atom stereocenters. The summed E-state index contributed by atoms with van der Waals surface area (Å²) >= 11 is 0. The van der Waals surface area contributed by atoms with Crippen LogP contribution in [0.3, 0.4) is 0 Å². The SMILES string of the molecule is CC(NC(=O)CCS(=O)(=O)Cc1ccccc1)(C(N)=O)C(O)C(=O)c1ccccc1. The lowest BCUT2D eigenvalue weighted by Gasteiger charge is -2.31. The highest BCUT2D eigenvalue weighted by Crippen LogP contribution is 2.16. The maximum absolute atomic E-state index is 12.5. The van der Waals surface area contributed by atoms with E-state index >= 15 is 0 Å². The number of hydrogen-bond acceptors (Lipinski definition) is 6. The van der Waals surface area contributed by atoms with E-state index in [0.29, 0.717) is 5.56 Å². The smallest absolute Gasteiger partial charge is 0.246 e. The van der Waals surface area contributed by atoms with Crippen LogP contribution in [0.5, 0.6) is 0 Å². The first-order valence-corrected chi connectivity index (χ1v) is 11.0. The molecule has 9 heteroatoms. The molecule has 0 aliphatic heterocycles. The van der Waals surface area contributed by atoms with Crippen molar-refractivity contribution in [1.82, 2.24) is 5.32 Å². The van der Waals surface area contributed by atoms with Crippen LogP contribution in [0.2, 0.25) is 0 Å². The summed E-state index contributed by atoms with van der Waals surface area (Å²) in [6, 6.07) is 16.2. The Kier molecular flexibility index (Phi) is 7.47. The highest BCUT2D eigenvalue weighted by molar-refractivity contribution is 7.90. The molecule has 2 aromatic rings. The van der Waals surface area contributed by atoms with E-state index in [0.717, 1.165) is 6.92 Å². The molecule has 4 N–H and O–H groups in total. The number of nitrogens with one attached hydrogen (secondary N) is 1. The Hall–Kier alpha value is -3.04. The van der Waals surface area contributed by atoms with Gasteiger partial charge in [0, 0.05) is 12.0 Å². The van der Waals surface area contributed by atoms with Crippen molar-refractivity contribution in [3.8, 4) is 0 Å². The summed E-state index contributed by atoms with van der Waals surface area (Å²) in [6.45, 7) is 1.12. The molecule has 0 saturated carbocycles. The highest BCUT2D eigenvalue weighted by Gasteiger charge is 2.44. The van der Waals surface area contributed by atoms with Crippen molar-refractivity contribution in [3.05, 3.63) is 71.8 Å². The van der Waals surface area contributed by atoms with Gasteiger partial charge in [-0.05, 0) is 12.5 Å². The molecular weight excluding hydrogens is 408 g/mol. The van der Waals surface area contributed by atoms with E-state index in [4.69, 9.17) is 5.73 Å². The summed E-state index contributed by atoms with van der Waals surface area (Å²) in [5.74, 6) is -3.45. The van der Waals surface area contributed by atoms with Crippen LogP contribution in [-0.4, -0.2) is 48.5 Å². The lowest BCUT2D eigenvalue weighted by atomic mass is 9.88. The van der Waals surface area contributed by atoms with Gasteiger partial charge in [-0.15, -0.1) is 0 Å². The third kappa shape index (κ3) is 5.98. The van der Waals surface area contributed by atoms with Crippen molar-refractivity contribution < 1.29 is 27.9 Å². The first-order chi connectivity index (χ1) is 14.0. The Balaban J connectivity index is 2.05. The number of primary amides is 1. The van der Waals surface area contributed by atoms with E-state index in [1.54, 1.807) is 48.5 Å². The van der Waals surface area contributed by atoms with Gasteiger partial charge in [0.1, 0.15) is 11.6 Å². The van der Waals surface area contributed by atoms with E-state index < -0.39 is 51.3 Å². The lowest BCUT2D eigenvalue weighted by molar-refractivity contribution is -0.134. The second-order valence-electron chi connectivity index (χ2n) is 7.08. The lowest BCUT2D eigenvalue weighted by Crippen LogP contribution is -2.64. The van der Waals surface area contributed by atoms with E-state index in [2.05, 4.69) is 5.32 Å². The van der Waals surface area contributed by atoms with Gasteiger partial charge in [-0.2, -0.15) is 0 Å². The van der Waals surface area contributed by atoms with Crippen molar-refractivity contribution in [3.63, 3.8) is 0 Å². The molecule has 0 spiro atoms. The number of amides is 2. The van der Waals surface area contributed by atoms with Crippen LogP contribution in [-0.2, 0) is 25.2 Å². The minimum Gasteiger partial charge on any atom is -0.382 e. The van der Waals surface area contributed by atoms with Crippen LogP contribution in [0.1, 0.15) is 29.3 Å². The minimum absolute atomic E-state index is 0.136. The monoisotopic (exact) mass is 432 g/mol. The molecule has 30 heavy (non-hydrogen) atoms. The molecule has 2 aromatic carbocycles. The summed E-state index contributed by atoms with van der Waals surface area (Å²) in [6.07, 6.45) is -2.40. The Morgan fingerprint density at radius 1 is 1.03 bits per heavy atom. The molecule has 0 aliphatic rings. The molecule has 2 rings (SSSR count). The zero-order valence-electron chi connectivity index (χ0n) is 16.4.